The third-order valence-corrected chi connectivity index (χ3v) is 5.34. The van der Waals surface area contributed by atoms with E-state index in [1.807, 2.05) is 0 Å². The number of carbonyl (C=O) groups is 4. The van der Waals surface area contributed by atoms with E-state index < -0.39 is 23.6 Å². The SMILES string of the molecule is CN1C(C)(C)CC(NC(=O)C(=O)NN2C(=O)CCCC2=O)CC1(C)C. The molecule has 8 heteroatoms. The molecule has 25 heavy (non-hydrogen) atoms. The summed E-state index contributed by atoms with van der Waals surface area (Å²) in [6, 6.07) is -0.160. The number of nitrogens with zero attached hydrogens (tertiary/aromatic N) is 2. The Bertz CT molecular complexity index is 565. The standard InChI is InChI=1S/C17H28N4O4/c1-16(2)9-11(10-17(3,4)20(16)5)18-14(24)15(25)19-21-12(22)7-6-8-13(21)23/h11H,6-10H2,1-5H3,(H,18,24)(H,19,25). The molecule has 2 heterocycles. The highest BCUT2D eigenvalue weighted by atomic mass is 16.2. The van der Waals surface area contributed by atoms with E-state index in [1.54, 1.807) is 0 Å². The lowest BCUT2D eigenvalue weighted by Crippen LogP contribution is -2.63. The maximum Gasteiger partial charge on any atom is 0.328 e. The first-order chi connectivity index (χ1) is 11.4. The van der Waals surface area contributed by atoms with E-state index in [4.69, 9.17) is 0 Å². The van der Waals surface area contributed by atoms with E-state index in [2.05, 4.69) is 50.4 Å². The summed E-state index contributed by atoms with van der Waals surface area (Å²) in [7, 11) is 2.05. The zero-order valence-electron chi connectivity index (χ0n) is 15.6. The lowest BCUT2D eigenvalue weighted by Gasteiger charge is -2.53. The summed E-state index contributed by atoms with van der Waals surface area (Å²) in [5.74, 6) is -2.79. The Morgan fingerprint density at radius 2 is 1.44 bits per heavy atom. The van der Waals surface area contributed by atoms with Crippen molar-refractivity contribution in [3.8, 4) is 0 Å². The van der Waals surface area contributed by atoms with Crippen LogP contribution in [0.2, 0.25) is 0 Å². The predicted octanol–water partition coefficient (Wildman–Crippen LogP) is 0.324. The molecule has 2 fully saturated rings. The van der Waals surface area contributed by atoms with Crippen molar-refractivity contribution >= 4 is 23.6 Å². The van der Waals surface area contributed by atoms with Crippen LogP contribution in [0.4, 0.5) is 0 Å². The van der Waals surface area contributed by atoms with Crippen molar-refractivity contribution in [2.45, 2.75) is 76.9 Å². The number of imide groups is 1. The van der Waals surface area contributed by atoms with E-state index >= 15 is 0 Å². The van der Waals surface area contributed by atoms with E-state index in [1.165, 1.54) is 0 Å². The molecule has 140 valence electrons. The van der Waals surface area contributed by atoms with Gasteiger partial charge >= 0.3 is 11.8 Å². The number of hydrazine groups is 1. The number of hydrogen-bond donors (Lipinski definition) is 2. The zero-order valence-corrected chi connectivity index (χ0v) is 15.6. The molecular formula is C17H28N4O4. The summed E-state index contributed by atoms with van der Waals surface area (Å²) in [4.78, 5) is 50.0. The van der Waals surface area contributed by atoms with E-state index in [0.717, 1.165) is 0 Å². The van der Waals surface area contributed by atoms with Crippen molar-refractivity contribution < 1.29 is 19.2 Å². The Labute approximate surface area is 148 Å². The monoisotopic (exact) mass is 352 g/mol. The molecule has 2 aliphatic rings. The Kier molecular flexibility index (Phi) is 5.22. The van der Waals surface area contributed by atoms with Crippen LogP contribution in [0.1, 0.15) is 59.8 Å². The van der Waals surface area contributed by atoms with Gasteiger partial charge in [0.05, 0.1) is 0 Å². The second-order valence-electron chi connectivity index (χ2n) is 8.18. The maximum atomic E-state index is 12.2. The Hall–Kier alpha value is -1.96. The Morgan fingerprint density at radius 3 is 1.92 bits per heavy atom. The third kappa shape index (κ3) is 4.18. The molecule has 0 bridgehead atoms. The van der Waals surface area contributed by atoms with Crippen LogP contribution in [0.5, 0.6) is 0 Å². The fourth-order valence-corrected chi connectivity index (χ4v) is 3.75. The minimum absolute atomic E-state index is 0.130. The van der Waals surface area contributed by atoms with Gasteiger partial charge in [0.1, 0.15) is 0 Å². The first-order valence-electron chi connectivity index (χ1n) is 8.65. The predicted molar refractivity (Wildman–Crippen MR) is 90.9 cm³/mol. The van der Waals surface area contributed by atoms with Crippen molar-refractivity contribution in [3.63, 3.8) is 0 Å². The second-order valence-corrected chi connectivity index (χ2v) is 8.18. The second kappa shape index (κ2) is 6.74. The highest BCUT2D eigenvalue weighted by Gasteiger charge is 2.43. The van der Waals surface area contributed by atoms with Crippen LogP contribution >= 0.6 is 0 Å². The molecule has 0 spiro atoms. The fraction of sp³-hybridized carbons (Fsp3) is 0.765. The smallest absolute Gasteiger partial charge is 0.328 e. The van der Waals surface area contributed by atoms with Crippen molar-refractivity contribution in [1.82, 2.24) is 20.7 Å². The molecule has 0 unspecified atom stereocenters. The topological polar surface area (TPSA) is 98.8 Å². The van der Waals surface area contributed by atoms with Crippen LogP contribution < -0.4 is 10.7 Å². The van der Waals surface area contributed by atoms with Gasteiger partial charge < -0.3 is 5.32 Å². The third-order valence-electron chi connectivity index (χ3n) is 5.34. The average molecular weight is 352 g/mol. The first kappa shape index (κ1) is 19.4. The molecule has 0 radical (unpaired) electrons. The van der Waals surface area contributed by atoms with E-state index in [9.17, 15) is 19.2 Å². The number of amides is 4. The molecule has 2 N–H and O–H groups in total. The number of nitrogens with one attached hydrogen (secondary N) is 2. The summed E-state index contributed by atoms with van der Waals surface area (Å²) in [5.41, 5.74) is 1.87. The van der Waals surface area contributed by atoms with Crippen molar-refractivity contribution in [2.75, 3.05) is 7.05 Å². The fourth-order valence-electron chi connectivity index (χ4n) is 3.75. The molecular weight excluding hydrogens is 324 g/mol. The van der Waals surface area contributed by atoms with Crippen molar-refractivity contribution in [1.29, 1.82) is 0 Å². The number of hydrogen-bond acceptors (Lipinski definition) is 5. The molecule has 0 aliphatic carbocycles. The molecule has 2 rings (SSSR count). The summed E-state index contributed by atoms with van der Waals surface area (Å²) in [6.45, 7) is 8.38. The molecule has 4 amide bonds. The molecule has 0 atom stereocenters. The lowest BCUT2D eigenvalue weighted by atomic mass is 9.77. The summed E-state index contributed by atoms with van der Waals surface area (Å²) < 4.78 is 0. The number of piperidine rings is 2. The van der Waals surface area contributed by atoms with Gasteiger partial charge in [0, 0.05) is 30.0 Å². The number of likely N-dealkylation sites (tertiary alicyclic amines) is 1. The number of carbonyl (C=O) groups excluding carboxylic acids is 4. The lowest BCUT2D eigenvalue weighted by molar-refractivity contribution is -0.157. The van der Waals surface area contributed by atoms with Crippen LogP contribution in [0.3, 0.4) is 0 Å². The molecule has 0 aromatic rings. The van der Waals surface area contributed by atoms with Gasteiger partial charge in [0.2, 0.25) is 11.8 Å². The minimum Gasteiger partial charge on any atom is -0.345 e. The summed E-state index contributed by atoms with van der Waals surface area (Å²) in [5, 5.41) is 3.40. The van der Waals surface area contributed by atoms with Crippen LogP contribution in [0.25, 0.3) is 0 Å². The van der Waals surface area contributed by atoms with Gasteiger partial charge in [0.25, 0.3) is 0 Å². The average Bonchev–Trinajstić information content (AvgIpc) is 2.47. The zero-order chi connectivity index (χ0) is 19.0. The number of rotatable bonds is 2. The summed E-state index contributed by atoms with van der Waals surface area (Å²) >= 11 is 0. The molecule has 0 saturated carbocycles. The van der Waals surface area contributed by atoms with Crippen LogP contribution in [-0.4, -0.2) is 57.7 Å². The Morgan fingerprint density at radius 1 is 0.960 bits per heavy atom. The molecule has 2 saturated heterocycles. The quantitative estimate of drug-likeness (QED) is 0.551. The van der Waals surface area contributed by atoms with Gasteiger partial charge in [-0.1, -0.05) is 0 Å². The highest BCUT2D eigenvalue weighted by Crippen LogP contribution is 2.36. The largest absolute Gasteiger partial charge is 0.345 e. The Balaban J connectivity index is 1.98. The molecule has 0 aromatic carbocycles. The van der Waals surface area contributed by atoms with Crippen LogP contribution in [0.15, 0.2) is 0 Å². The van der Waals surface area contributed by atoms with E-state index in [-0.39, 0.29) is 30.0 Å². The molecule has 0 aromatic heterocycles. The van der Waals surface area contributed by atoms with Gasteiger partial charge in [0.15, 0.2) is 0 Å². The van der Waals surface area contributed by atoms with Crippen molar-refractivity contribution in [3.05, 3.63) is 0 Å². The first-order valence-corrected chi connectivity index (χ1v) is 8.65. The van der Waals surface area contributed by atoms with E-state index in [0.29, 0.717) is 24.3 Å². The van der Waals surface area contributed by atoms with Gasteiger partial charge in [-0.15, -0.1) is 0 Å². The molecule has 8 nitrogen and oxygen atoms in total. The van der Waals surface area contributed by atoms with Crippen LogP contribution in [-0.2, 0) is 19.2 Å². The van der Waals surface area contributed by atoms with Crippen molar-refractivity contribution in [2.24, 2.45) is 0 Å². The minimum atomic E-state index is -0.988. The molecule has 2 aliphatic heterocycles. The highest BCUT2D eigenvalue weighted by molar-refractivity contribution is 6.35. The normalized spacial score (nSPS) is 24.1. The van der Waals surface area contributed by atoms with Gasteiger partial charge in [-0.3, -0.25) is 24.1 Å². The van der Waals surface area contributed by atoms with Crippen LogP contribution in [0, 0.1) is 0 Å². The maximum absolute atomic E-state index is 12.2. The van der Waals surface area contributed by atoms with Gasteiger partial charge in [-0.05, 0) is 54.0 Å². The summed E-state index contributed by atoms with van der Waals surface area (Å²) in [6.07, 6.45) is 2.24. The van der Waals surface area contributed by atoms with Gasteiger partial charge in [-0.2, -0.15) is 5.01 Å². The van der Waals surface area contributed by atoms with Gasteiger partial charge in [-0.25, -0.2) is 5.43 Å².